The first kappa shape index (κ1) is 22.9. The van der Waals surface area contributed by atoms with E-state index < -0.39 is 0 Å². The molecule has 1 aromatic heterocycles. The Balaban J connectivity index is 1.43. The molecule has 5 rings (SSSR count). The van der Waals surface area contributed by atoms with Gasteiger partial charge in [0.1, 0.15) is 11.5 Å². The summed E-state index contributed by atoms with van der Waals surface area (Å²) in [6.07, 6.45) is 0.616. The normalized spacial score (nSPS) is 15.4. The molecule has 2 aliphatic rings. The van der Waals surface area contributed by atoms with Crippen LogP contribution in [0, 0.1) is 6.92 Å². The van der Waals surface area contributed by atoms with Gasteiger partial charge in [-0.1, -0.05) is 23.8 Å². The number of urea groups is 1. The van der Waals surface area contributed by atoms with Crippen LogP contribution in [0.3, 0.4) is 0 Å². The SMILES string of the molecule is COc1cccc(Oc2nc(N3CCOCC3)nc3c2CN(C(=O)Nc2ccc(C)cc2)CC3)c1. The quantitative estimate of drug-likeness (QED) is 0.596. The van der Waals surface area contributed by atoms with E-state index in [1.54, 1.807) is 12.0 Å². The van der Waals surface area contributed by atoms with Gasteiger partial charge in [-0.25, -0.2) is 9.78 Å². The van der Waals surface area contributed by atoms with Crippen LogP contribution in [-0.2, 0) is 17.7 Å². The van der Waals surface area contributed by atoms with Crippen LogP contribution >= 0.6 is 0 Å². The van der Waals surface area contributed by atoms with E-state index in [2.05, 4.69) is 10.2 Å². The van der Waals surface area contributed by atoms with E-state index in [4.69, 9.17) is 24.2 Å². The summed E-state index contributed by atoms with van der Waals surface area (Å²) in [5.74, 6) is 2.39. The maximum absolute atomic E-state index is 13.0. The van der Waals surface area contributed by atoms with E-state index in [1.807, 2.05) is 55.5 Å². The molecule has 2 amide bonds. The third-order valence-corrected chi connectivity index (χ3v) is 6.15. The van der Waals surface area contributed by atoms with Crippen molar-refractivity contribution >= 4 is 17.7 Å². The van der Waals surface area contributed by atoms with Crippen molar-refractivity contribution in [2.75, 3.05) is 50.2 Å². The maximum Gasteiger partial charge on any atom is 0.322 e. The third-order valence-electron chi connectivity index (χ3n) is 6.15. The highest BCUT2D eigenvalue weighted by atomic mass is 16.5. The van der Waals surface area contributed by atoms with Crippen LogP contribution in [0.2, 0.25) is 0 Å². The molecule has 1 fully saturated rings. The Bertz CT molecular complexity index is 1190. The molecule has 3 aromatic rings. The van der Waals surface area contributed by atoms with Gasteiger partial charge < -0.3 is 29.3 Å². The number of benzene rings is 2. The molecule has 1 N–H and O–H groups in total. The lowest BCUT2D eigenvalue weighted by Crippen LogP contribution is -2.41. The van der Waals surface area contributed by atoms with Crippen molar-refractivity contribution in [3.8, 4) is 17.4 Å². The maximum atomic E-state index is 13.0. The van der Waals surface area contributed by atoms with Gasteiger partial charge in [0.15, 0.2) is 0 Å². The van der Waals surface area contributed by atoms with Crippen molar-refractivity contribution in [1.82, 2.24) is 14.9 Å². The number of ether oxygens (including phenoxy) is 3. The summed E-state index contributed by atoms with van der Waals surface area (Å²) in [5, 5.41) is 2.98. The van der Waals surface area contributed by atoms with Gasteiger partial charge in [-0.3, -0.25) is 0 Å². The standard InChI is InChI=1S/C26H29N5O4/c1-18-6-8-19(9-7-18)27-26(32)31-11-10-23-22(17-31)24(35-21-5-3-4-20(16-21)33-2)29-25(28-23)30-12-14-34-15-13-30/h3-9,16H,10-15,17H2,1-2H3,(H,27,32). The van der Waals surface area contributed by atoms with Crippen molar-refractivity contribution in [3.63, 3.8) is 0 Å². The van der Waals surface area contributed by atoms with Gasteiger partial charge in [0.25, 0.3) is 0 Å². The number of fused-ring (bicyclic) bond motifs is 1. The number of hydrogen-bond donors (Lipinski definition) is 1. The monoisotopic (exact) mass is 475 g/mol. The highest BCUT2D eigenvalue weighted by Gasteiger charge is 2.28. The molecule has 0 spiro atoms. The first-order valence-electron chi connectivity index (χ1n) is 11.8. The molecule has 0 unspecified atom stereocenters. The minimum absolute atomic E-state index is 0.163. The number of carbonyl (C=O) groups excluding carboxylic acids is 1. The van der Waals surface area contributed by atoms with E-state index in [9.17, 15) is 4.79 Å². The molecule has 0 radical (unpaired) electrons. The molecule has 0 atom stereocenters. The zero-order chi connectivity index (χ0) is 24.2. The Morgan fingerprint density at radius 1 is 1.03 bits per heavy atom. The second-order valence-corrected chi connectivity index (χ2v) is 8.60. The Hall–Kier alpha value is -3.85. The minimum atomic E-state index is -0.163. The topological polar surface area (TPSA) is 89.1 Å². The first-order valence-corrected chi connectivity index (χ1v) is 11.8. The lowest BCUT2D eigenvalue weighted by atomic mass is 10.1. The summed E-state index contributed by atoms with van der Waals surface area (Å²) in [4.78, 5) is 26.5. The molecule has 0 saturated carbocycles. The van der Waals surface area contributed by atoms with E-state index >= 15 is 0 Å². The second kappa shape index (κ2) is 10.2. The molecular weight excluding hydrogens is 446 g/mol. The summed E-state index contributed by atoms with van der Waals surface area (Å²) < 4.78 is 17.1. The molecule has 1 saturated heterocycles. The van der Waals surface area contributed by atoms with Gasteiger partial charge in [-0.2, -0.15) is 4.98 Å². The summed E-state index contributed by atoms with van der Waals surface area (Å²) in [5.41, 5.74) is 3.62. The minimum Gasteiger partial charge on any atom is -0.497 e. The van der Waals surface area contributed by atoms with Gasteiger partial charge in [-0.15, -0.1) is 0 Å². The zero-order valence-corrected chi connectivity index (χ0v) is 20.0. The number of amides is 2. The third kappa shape index (κ3) is 5.30. The fourth-order valence-corrected chi connectivity index (χ4v) is 4.15. The molecular formula is C26H29N5O4. The average molecular weight is 476 g/mol. The van der Waals surface area contributed by atoms with E-state index in [0.717, 1.165) is 35.6 Å². The largest absolute Gasteiger partial charge is 0.497 e. The molecule has 35 heavy (non-hydrogen) atoms. The van der Waals surface area contributed by atoms with Crippen LogP contribution in [0.15, 0.2) is 48.5 Å². The van der Waals surface area contributed by atoms with Gasteiger partial charge in [0.05, 0.1) is 38.1 Å². The summed E-state index contributed by atoms with van der Waals surface area (Å²) in [6.45, 7) is 5.66. The number of hydrogen-bond acceptors (Lipinski definition) is 7. The summed E-state index contributed by atoms with van der Waals surface area (Å²) >= 11 is 0. The van der Waals surface area contributed by atoms with E-state index in [-0.39, 0.29) is 6.03 Å². The van der Waals surface area contributed by atoms with E-state index in [1.165, 1.54) is 0 Å². The predicted molar refractivity (Wildman–Crippen MR) is 132 cm³/mol. The van der Waals surface area contributed by atoms with Crippen LogP contribution in [0.1, 0.15) is 16.8 Å². The van der Waals surface area contributed by atoms with Gasteiger partial charge in [-0.05, 0) is 31.2 Å². The fraction of sp³-hybridized carbons (Fsp3) is 0.346. The lowest BCUT2D eigenvalue weighted by Gasteiger charge is -2.32. The molecule has 9 nitrogen and oxygen atoms in total. The van der Waals surface area contributed by atoms with Crippen LogP contribution in [0.25, 0.3) is 0 Å². The van der Waals surface area contributed by atoms with Crippen LogP contribution in [0.5, 0.6) is 17.4 Å². The number of nitrogens with one attached hydrogen (secondary N) is 1. The van der Waals surface area contributed by atoms with E-state index in [0.29, 0.717) is 56.1 Å². The number of aromatic nitrogens is 2. The number of rotatable bonds is 5. The number of methoxy groups -OCH3 is 1. The number of morpholine rings is 1. The molecule has 0 aliphatic carbocycles. The highest BCUT2D eigenvalue weighted by Crippen LogP contribution is 2.33. The average Bonchev–Trinajstić information content (AvgIpc) is 2.90. The van der Waals surface area contributed by atoms with Crippen molar-refractivity contribution in [3.05, 3.63) is 65.4 Å². The second-order valence-electron chi connectivity index (χ2n) is 8.60. The molecule has 3 heterocycles. The summed E-state index contributed by atoms with van der Waals surface area (Å²) in [7, 11) is 1.62. The molecule has 2 aliphatic heterocycles. The Kier molecular flexibility index (Phi) is 6.67. The number of anilines is 2. The number of carbonyl (C=O) groups is 1. The summed E-state index contributed by atoms with van der Waals surface area (Å²) in [6, 6.07) is 15.0. The molecule has 0 bridgehead atoms. The van der Waals surface area contributed by atoms with Crippen LogP contribution < -0.4 is 19.7 Å². The van der Waals surface area contributed by atoms with Crippen molar-refractivity contribution in [2.24, 2.45) is 0 Å². The number of nitrogens with zero attached hydrogens (tertiary/aromatic N) is 4. The highest BCUT2D eigenvalue weighted by molar-refractivity contribution is 5.89. The lowest BCUT2D eigenvalue weighted by molar-refractivity contribution is 0.122. The van der Waals surface area contributed by atoms with Crippen molar-refractivity contribution < 1.29 is 19.0 Å². The first-order chi connectivity index (χ1) is 17.1. The van der Waals surface area contributed by atoms with Gasteiger partial charge in [0.2, 0.25) is 11.8 Å². The Morgan fingerprint density at radius 2 is 1.80 bits per heavy atom. The smallest absolute Gasteiger partial charge is 0.322 e. The van der Waals surface area contributed by atoms with Crippen molar-refractivity contribution in [2.45, 2.75) is 19.9 Å². The Morgan fingerprint density at radius 3 is 2.57 bits per heavy atom. The van der Waals surface area contributed by atoms with Crippen LogP contribution in [-0.4, -0.2) is 60.9 Å². The van der Waals surface area contributed by atoms with Gasteiger partial charge in [0, 0.05) is 37.8 Å². The fourth-order valence-electron chi connectivity index (χ4n) is 4.15. The zero-order valence-electron chi connectivity index (χ0n) is 20.0. The molecule has 2 aromatic carbocycles. The predicted octanol–water partition coefficient (Wildman–Crippen LogP) is 4.01. The Labute approximate surface area is 204 Å². The molecule has 182 valence electrons. The number of aryl methyl sites for hydroxylation is 1. The van der Waals surface area contributed by atoms with Crippen LogP contribution in [0.4, 0.5) is 16.4 Å². The van der Waals surface area contributed by atoms with Crippen molar-refractivity contribution in [1.29, 1.82) is 0 Å². The van der Waals surface area contributed by atoms with Gasteiger partial charge >= 0.3 is 6.03 Å². The molecule has 9 heteroatoms.